The van der Waals surface area contributed by atoms with Crippen molar-refractivity contribution in [2.24, 2.45) is 0 Å². The van der Waals surface area contributed by atoms with Gasteiger partial charge in [0.1, 0.15) is 41.9 Å². The molecule has 0 bridgehead atoms. The minimum absolute atomic E-state index is 0.0464. The topological polar surface area (TPSA) is 183 Å². The molecule has 13 nitrogen and oxygen atoms in total. The van der Waals surface area contributed by atoms with Crippen molar-refractivity contribution in [3.8, 4) is 11.8 Å². The molecule has 0 saturated carbocycles. The van der Waals surface area contributed by atoms with Crippen LogP contribution in [-0.4, -0.2) is 62.8 Å². The molecule has 1 aliphatic rings. The lowest BCUT2D eigenvalue weighted by Crippen LogP contribution is -2.48. The van der Waals surface area contributed by atoms with Gasteiger partial charge < -0.3 is 24.8 Å². The number of anilines is 1. The first-order chi connectivity index (χ1) is 20.5. The summed E-state index contributed by atoms with van der Waals surface area (Å²) in [7, 11) is -4.45. The van der Waals surface area contributed by atoms with Crippen LogP contribution in [0.25, 0.3) is 16.3 Å². The van der Waals surface area contributed by atoms with Crippen LogP contribution < -0.4 is 15.3 Å². The second kappa shape index (κ2) is 11.5. The number of nitrogens with zero attached hydrogens (tertiary/aromatic N) is 4. The fraction of sp³-hybridized carbons (Fsp3) is 0.357. The van der Waals surface area contributed by atoms with Crippen molar-refractivity contribution in [3.63, 3.8) is 0 Å². The lowest BCUT2D eigenvalue weighted by molar-refractivity contribution is -0.144. The van der Waals surface area contributed by atoms with Crippen LogP contribution in [0.3, 0.4) is 0 Å². The van der Waals surface area contributed by atoms with Crippen LogP contribution in [0.5, 0.6) is 5.75 Å². The number of carbonyl (C=O) groups is 1. The molecule has 4 N–H and O–H groups in total. The van der Waals surface area contributed by atoms with Gasteiger partial charge in [0.2, 0.25) is 5.60 Å². The number of ether oxygens (including phenoxy) is 2. The number of hydrogen-bond donors (Lipinski definition) is 3. The van der Waals surface area contributed by atoms with E-state index < -0.39 is 49.8 Å². The summed E-state index contributed by atoms with van der Waals surface area (Å²) in [4.78, 5) is 16.3. The Morgan fingerprint density at radius 2 is 2.05 bits per heavy atom. The second-order valence-electron chi connectivity index (χ2n) is 10.1. The number of aromatic nitrogens is 3. The summed E-state index contributed by atoms with van der Waals surface area (Å²) < 4.78 is 54.2. The third-order valence-corrected chi connectivity index (χ3v) is 8.92. The monoisotopic (exact) mass is 612 g/mol. The molecular weight excluding hydrogens is 582 g/mol. The smallest absolute Gasteiger partial charge is 0.459 e. The number of rotatable bonds is 10. The predicted molar refractivity (Wildman–Crippen MR) is 152 cm³/mol. The number of halogens is 1. The number of benzene rings is 2. The van der Waals surface area contributed by atoms with Gasteiger partial charge >= 0.3 is 13.7 Å². The summed E-state index contributed by atoms with van der Waals surface area (Å²) in [6.07, 6.45) is -2.30. The van der Waals surface area contributed by atoms with Gasteiger partial charge in [-0.05, 0) is 44.4 Å². The van der Waals surface area contributed by atoms with E-state index in [2.05, 4.69) is 15.2 Å². The molecule has 0 spiro atoms. The van der Waals surface area contributed by atoms with E-state index in [0.29, 0.717) is 10.9 Å². The molecule has 5 rings (SSSR count). The van der Waals surface area contributed by atoms with Gasteiger partial charge in [0, 0.05) is 5.39 Å². The first-order valence-electron chi connectivity index (χ1n) is 13.4. The van der Waals surface area contributed by atoms with E-state index in [1.54, 1.807) is 31.2 Å². The highest BCUT2D eigenvalue weighted by atomic mass is 31.2. The van der Waals surface area contributed by atoms with Gasteiger partial charge in [-0.2, -0.15) is 15.4 Å². The van der Waals surface area contributed by atoms with E-state index >= 15 is 4.39 Å². The maximum absolute atomic E-state index is 16.4. The molecule has 0 aliphatic carbocycles. The largest absolute Gasteiger partial charge is 0.465 e. The number of carbonyl (C=O) groups excluding carboxylic acids is 1. The number of aliphatic hydroxyl groups excluding tert-OH is 1. The van der Waals surface area contributed by atoms with Gasteiger partial charge in [-0.25, -0.2) is 18.5 Å². The van der Waals surface area contributed by atoms with Crippen molar-refractivity contribution in [2.75, 3.05) is 18.9 Å². The molecule has 43 heavy (non-hydrogen) atoms. The predicted octanol–water partition coefficient (Wildman–Crippen LogP) is 3.42. The number of nitrogen functional groups attached to an aromatic ring is 1. The highest BCUT2D eigenvalue weighted by Gasteiger charge is 2.67. The Hall–Kier alpha value is -4.12. The normalized spacial score (nSPS) is 25.7. The molecule has 6 unspecified atom stereocenters. The Morgan fingerprint density at radius 1 is 1.30 bits per heavy atom. The molecule has 3 heterocycles. The average molecular weight is 613 g/mol. The van der Waals surface area contributed by atoms with Gasteiger partial charge in [0.25, 0.3) is 0 Å². The Kier molecular flexibility index (Phi) is 8.13. The number of aliphatic hydroxyl groups is 1. The Labute approximate surface area is 245 Å². The Morgan fingerprint density at radius 3 is 2.79 bits per heavy atom. The molecular formula is C28H30FN6O7P. The molecule has 4 aromatic rings. The average Bonchev–Trinajstić information content (AvgIpc) is 3.50. The first kappa shape index (κ1) is 30.3. The highest BCUT2D eigenvalue weighted by molar-refractivity contribution is 7.52. The van der Waals surface area contributed by atoms with Crippen LogP contribution in [0.2, 0.25) is 0 Å². The molecule has 226 valence electrons. The lowest BCUT2D eigenvalue weighted by atomic mass is 9.82. The van der Waals surface area contributed by atoms with Crippen LogP contribution in [-0.2, 0) is 29.0 Å². The first-order valence-corrected chi connectivity index (χ1v) is 14.9. The molecule has 6 atom stereocenters. The summed E-state index contributed by atoms with van der Waals surface area (Å²) in [5.74, 6) is -0.454. The lowest BCUT2D eigenvalue weighted by Gasteiger charge is -2.30. The van der Waals surface area contributed by atoms with Gasteiger partial charge in [0.15, 0.2) is 11.5 Å². The number of nitrogens with one attached hydrogen (secondary N) is 1. The summed E-state index contributed by atoms with van der Waals surface area (Å²) in [5, 5.41) is 29.3. The van der Waals surface area contributed by atoms with E-state index in [9.17, 15) is 19.7 Å². The van der Waals surface area contributed by atoms with E-state index in [4.69, 9.17) is 24.3 Å². The van der Waals surface area contributed by atoms with Crippen LogP contribution in [0, 0.1) is 11.3 Å². The zero-order valence-electron chi connectivity index (χ0n) is 23.5. The third kappa shape index (κ3) is 5.30. The minimum atomic E-state index is -4.45. The zero-order chi connectivity index (χ0) is 31.0. The van der Waals surface area contributed by atoms with Crippen molar-refractivity contribution in [1.82, 2.24) is 19.7 Å². The molecule has 2 aromatic carbocycles. The molecule has 0 radical (unpaired) electrons. The summed E-state index contributed by atoms with van der Waals surface area (Å²) >= 11 is 0. The number of nitriles is 1. The number of alkyl halides is 1. The standard InChI is InChI=1S/C28H30FN6O7P/c1-4-39-26(37)17(2)34-43(38,42-21-11-7-9-18-8-5-6-10-19(18)21)40-14-22-24(36)27(3,29)28(15-30,41-22)23-13-12-20-25(31)32-16-33-35(20)23/h5-13,16-17,22,24,36H,4,14H2,1-3H3,(H,34,38)(H2,31,32,33). The van der Waals surface area contributed by atoms with Crippen LogP contribution in [0.4, 0.5) is 10.2 Å². The highest BCUT2D eigenvalue weighted by Crippen LogP contribution is 2.52. The molecule has 2 aromatic heterocycles. The van der Waals surface area contributed by atoms with Crippen molar-refractivity contribution < 1.29 is 37.4 Å². The minimum Gasteiger partial charge on any atom is -0.465 e. The fourth-order valence-electron chi connectivity index (χ4n) is 5.04. The molecule has 0 amide bonds. The SMILES string of the molecule is CCOC(=O)C(C)NP(=O)(OCC1OC(C#N)(c2ccc3c(N)ncnn23)C(C)(F)C1O)Oc1cccc2ccccc12. The second-order valence-corrected chi connectivity index (χ2v) is 11.8. The fourth-order valence-corrected chi connectivity index (χ4v) is 6.56. The van der Waals surface area contributed by atoms with Crippen LogP contribution in [0.1, 0.15) is 26.5 Å². The summed E-state index contributed by atoms with van der Waals surface area (Å²) in [6, 6.07) is 15.9. The molecule has 1 fully saturated rings. The van der Waals surface area contributed by atoms with E-state index in [1.807, 2.05) is 24.3 Å². The maximum Gasteiger partial charge on any atom is 0.459 e. The molecule has 1 saturated heterocycles. The molecule has 1 aliphatic heterocycles. The Bertz CT molecular complexity index is 1760. The van der Waals surface area contributed by atoms with Gasteiger partial charge in [0.05, 0.1) is 18.9 Å². The van der Waals surface area contributed by atoms with Crippen molar-refractivity contribution in [2.45, 2.75) is 50.3 Å². The van der Waals surface area contributed by atoms with Crippen LogP contribution in [0.15, 0.2) is 60.9 Å². The van der Waals surface area contributed by atoms with E-state index in [-0.39, 0.29) is 23.9 Å². The maximum atomic E-state index is 16.4. The van der Waals surface area contributed by atoms with E-state index in [0.717, 1.165) is 18.6 Å². The van der Waals surface area contributed by atoms with Crippen molar-refractivity contribution in [3.05, 3.63) is 66.6 Å². The number of hydrogen-bond acceptors (Lipinski definition) is 11. The van der Waals surface area contributed by atoms with Gasteiger partial charge in [-0.3, -0.25) is 9.32 Å². The number of nitrogens with two attached hydrogens (primary N) is 1. The third-order valence-electron chi connectivity index (χ3n) is 7.29. The van der Waals surface area contributed by atoms with Gasteiger partial charge in [-0.15, -0.1) is 0 Å². The zero-order valence-corrected chi connectivity index (χ0v) is 24.4. The Balaban J connectivity index is 1.46. The van der Waals surface area contributed by atoms with Crippen LogP contribution >= 0.6 is 7.75 Å². The van der Waals surface area contributed by atoms with E-state index in [1.165, 1.54) is 23.6 Å². The summed E-state index contributed by atoms with van der Waals surface area (Å²) in [5.41, 5.74) is 1.08. The number of esters is 1. The summed E-state index contributed by atoms with van der Waals surface area (Å²) in [6.45, 7) is 3.42. The van der Waals surface area contributed by atoms with Crippen molar-refractivity contribution >= 4 is 35.8 Å². The van der Waals surface area contributed by atoms with Gasteiger partial charge in [-0.1, -0.05) is 36.4 Å². The molecule has 15 heteroatoms. The number of fused-ring (bicyclic) bond motifs is 2. The quantitative estimate of drug-likeness (QED) is 0.175. The van der Waals surface area contributed by atoms with Crippen molar-refractivity contribution in [1.29, 1.82) is 5.26 Å².